The molecule has 0 radical (unpaired) electrons. The molecular weight excluding hydrogens is 260 g/mol. The van der Waals surface area contributed by atoms with Crippen molar-refractivity contribution in [1.82, 2.24) is 10.3 Å². The Labute approximate surface area is 97.1 Å². The maximum Gasteiger partial charge on any atom is 0.217 e. The fourth-order valence-electron chi connectivity index (χ4n) is 1.63. The van der Waals surface area contributed by atoms with Gasteiger partial charge in [-0.2, -0.15) is 0 Å². The normalized spacial score (nSPS) is 21.3. The molecular formula is C10H13BrN2O2. The number of aromatic nitrogens is 1. The molecule has 1 aliphatic heterocycles. The Balaban J connectivity index is 2.27. The van der Waals surface area contributed by atoms with Crippen LogP contribution in [0.5, 0.6) is 5.88 Å². The maximum atomic E-state index is 5.41. The number of hydrogen-bond acceptors (Lipinski definition) is 4. The van der Waals surface area contributed by atoms with Gasteiger partial charge in [0.15, 0.2) is 0 Å². The first-order valence-corrected chi connectivity index (χ1v) is 5.61. The second-order valence-electron chi connectivity index (χ2n) is 3.33. The minimum Gasteiger partial charge on any atom is -0.481 e. The molecule has 0 bridgehead atoms. The summed E-state index contributed by atoms with van der Waals surface area (Å²) in [6.45, 7) is 2.29. The van der Waals surface area contributed by atoms with Crippen molar-refractivity contribution in [2.75, 3.05) is 26.9 Å². The maximum absolute atomic E-state index is 5.41. The number of rotatable bonds is 2. The average molecular weight is 273 g/mol. The molecule has 1 unspecified atom stereocenters. The highest BCUT2D eigenvalue weighted by molar-refractivity contribution is 9.10. The first-order chi connectivity index (χ1) is 7.31. The van der Waals surface area contributed by atoms with Crippen molar-refractivity contribution in [1.29, 1.82) is 0 Å². The number of ether oxygens (including phenoxy) is 2. The van der Waals surface area contributed by atoms with Gasteiger partial charge >= 0.3 is 0 Å². The Hall–Kier alpha value is -0.650. The molecule has 0 spiro atoms. The van der Waals surface area contributed by atoms with Crippen LogP contribution < -0.4 is 10.1 Å². The van der Waals surface area contributed by atoms with E-state index in [9.17, 15) is 0 Å². The zero-order valence-electron chi connectivity index (χ0n) is 8.50. The van der Waals surface area contributed by atoms with Crippen LogP contribution in [0.2, 0.25) is 0 Å². The summed E-state index contributed by atoms with van der Waals surface area (Å²) in [4.78, 5) is 4.21. The van der Waals surface area contributed by atoms with Crippen LogP contribution in [-0.4, -0.2) is 31.9 Å². The van der Waals surface area contributed by atoms with E-state index in [-0.39, 0.29) is 6.04 Å². The summed E-state index contributed by atoms with van der Waals surface area (Å²) in [5.41, 5.74) is 1.03. The highest BCUT2D eigenvalue weighted by Gasteiger charge is 2.20. The molecule has 15 heavy (non-hydrogen) atoms. The molecule has 82 valence electrons. The second kappa shape index (κ2) is 4.92. The van der Waals surface area contributed by atoms with Crippen molar-refractivity contribution in [3.8, 4) is 5.88 Å². The summed E-state index contributed by atoms with van der Waals surface area (Å²) < 4.78 is 11.6. The van der Waals surface area contributed by atoms with E-state index >= 15 is 0 Å². The average Bonchev–Trinajstić information content (AvgIpc) is 2.30. The van der Waals surface area contributed by atoms with Crippen LogP contribution in [0, 0.1) is 0 Å². The molecule has 5 heteroatoms. The van der Waals surface area contributed by atoms with Gasteiger partial charge in [-0.05, 0) is 22.0 Å². The van der Waals surface area contributed by atoms with Crippen molar-refractivity contribution < 1.29 is 9.47 Å². The number of methoxy groups -OCH3 is 1. The van der Waals surface area contributed by atoms with Crippen LogP contribution >= 0.6 is 15.9 Å². The molecule has 0 aromatic carbocycles. The quantitative estimate of drug-likeness (QED) is 0.887. The topological polar surface area (TPSA) is 43.4 Å². The number of hydrogen-bond donors (Lipinski definition) is 1. The lowest BCUT2D eigenvalue weighted by molar-refractivity contribution is 0.0758. The third-order valence-corrected chi connectivity index (χ3v) is 2.77. The van der Waals surface area contributed by atoms with Crippen molar-refractivity contribution in [3.63, 3.8) is 0 Å². The molecule has 1 aromatic heterocycles. The minimum atomic E-state index is 0.165. The first kappa shape index (κ1) is 10.9. The second-order valence-corrected chi connectivity index (χ2v) is 4.25. The van der Waals surface area contributed by atoms with Crippen LogP contribution in [-0.2, 0) is 4.74 Å². The Morgan fingerprint density at radius 1 is 1.67 bits per heavy atom. The van der Waals surface area contributed by atoms with Gasteiger partial charge in [-0.15, -0.1) is 0 Å². The molecule has 0 amide bonds. The number of morpholine rings is 1. The van der Waals surface area contributed by atoms with Gasteiger partial charge < -0.3 is 14.8 Å². The third-order valence-electron chi connectivity index (χ3n) is 2.34. The van der Waals surface area contributed by atoms with Crippen LogP contribution in [0.3, 0.4) is 0 Å². The van der Waals surface area contributed by atoms with E-state index in [4.69, 9.17) is 9.47 Å². The molecule has 2 heterocycles. The lowest BCUT2D eigenvalue weighted by Crippen LogP contribution is -2.34. The first-order valence-electron chi connectivity index (χ1n) is 4.82. The number of nitrogens with one attached hydrogen (secondary N) is 1. The van der Waals surface area contributed by atoms with Gasteiger partial charge in [0.1, 0.15) is 0 Å². The van der Waals surface area contributed by atoms with Gasteiger partial charge in [-0.25, -0.2) is 4.98 Å². The summed E-state index contributed by atoms with van der Waals surface area (Å²) in [7, 11) is 1.63. The van der Waals surface area contributed by atoms with Crippen molar-refractivity contribution in [2.24, 2.45) is 0 Å². The monoisotopic (exact) mass is 272 g/mol. The molecule has 0 saturated carbocycles. The number of pyridine rings is 1. The van der Waals surface area contributed by atoms with Crippen LogP contribution in [0.4, 0.5) is 0 Å². The molecule has 1 aliphatic rings. The number of halogens is 1. The molecule has 1 N–H and O–H groups in total. The predicted octanol–water partition coefficient (Wildman–Crippen LogP) is 1.51. The smallest absolute Gasteiger partial charge is 0.217 e. The summed E-state index contributed by atoms with van der Waals surface area (Å²) in [5.74, 6) is 0.654. The Kier molecular flexibility index (Phi) is 3.56. The lowest BCUT2D eigenvalue weighted by Gasteiger charge is -2.25. The van der Waals surface area contributed by atoms with Crippen molar-refractivity contribution >= 4 is 15.9 Å². The lowest BCUT2D eigenvalue weighted by atomic mass is 10.1. The van der Waals surface area contributed by atoms with Crippen LogP contribution in [0.1, 0.15) is 11.6 Å². The highest BCUT2D eigenvalue weighted by atomic mass is 79.9. The standard InChI is InChI=1S/C10H13BrN2O2/c1-14-10-8(4-7(11)5-13-10)9-6-15-3-2-12-9/h4-5,9,12H,2-3,6H2,1H3. The molecule has 1 aromatic rings. The number of nitrogens with zero attached hydrogens (tertiary/aromatic N) is 1. The SMILES string of the molecule is COc1ncc(Br)cc1C1COCCN1. The zero-order valence-corrected chi connectivity index (χ0v) is 10.1. The summed E-state index contributed by atoms with van der Waals surface area (Å²) >= 11 is 3.41. The van der Waals surface area contributed by atoms with Gasteiger partial charge in [0, 0.05) is 22.8 Å². The summed E-state index contributed by atoms with van der Waals surface area (Å²) in [6.07, 6.45) is 1.73. The van der Waals surface area contributed by atoms with E-state index in [0.717, 1.165) is 23.2 Å². The van der Waals surface area contributed by atoms with E-state index in [1.165, 1.54) is 0 Å². The van der Waals surface area contributed by atoms with E-state index < -0.39 is 0 Å². The van der Waals surface area contributed by atoms with Gasteiger partial charge in [-0.1, -0.05) is 0 Å². The molecule has 1 fully saturated rings. The van der Waals surface area contributed by atoms with Crippen LogP contribution in [0.25, 0.3) is 0 Å². The summed E-state index contributed by atoms with van der Waals surface area (Å²) in [6, 6.07) is 2.18. The third kappa shape index (κ3) is 2.48. The highest BCUT2D eigenvalue weighted by Crippen LogP contribution is 2.27. The van der Waals surface area contributed by atoms with Gasteiger partial charge in [0.05, 0.1) is 26.4 Å². The van der Waals surface area contributed by atoms with Crippen LogP contribution in [0.15, 0.2) is 16.7 Å². The van der Waals surface area contributed by atoms with Gasteiger partial charge in [0.2, 0.25) is 5.88 Å². The van der Waals surface area contributed by atoms with E-state index in [2.05, 4.69) is 26.2 Å². The Morgan fingerprint density at radius 2 is 2.53 bits per heavy atom. The fourth-order valence-corrected chi connectivity index (χ4v) is 1.98. The predicted molar refractivity (Wildman–Crippen MR) is 60.1 cm³/mol. The molecule has 0 aliphatic carbocycles. The Bertz CT molecular complexity index is 340. The molecule has 1 atom stereocenters. The Morgan fingerprint density at radius 3 is 3.20 bits per heavy atom. The molecule has 4 nitrogen and oxygen atoms in total. The minimum absolute atomic E-state index is 0.165. The largest absolute Gasteiger partial charge is 0.481 e. The molecule has 2 rings (SSSR count). The zero-order chi connectivity index (χ0) is 10.7. The summed E-state index contributed by atoms with van der Waals surface area (Å²) in [5, 5.41) is 3.37. The van der Waals surface area contributed by atoms with Gasteiger partial charge in [0.25, 0.3) is 0 Å². The van der Waals surface area contributed by atoms with Crippen molar-refractivity contribution in [3.05, 3.63) is 22.3 Å². The van der Waals surface area contributed by atoms with Crippen molar-refractivity contribution in [2.45, 2.75) is 6.04 Å². The van der Waals surface area contributed by atoms with E-state index in [0.29, 0.717) is 12.5 Å². The fraction of sp³-hybridized carbons (Fsp3) is 0.500. The van der Waals surface area contributed by atoms with E-state index in [1.54, 1.807) is 13.3 Å². The van der Waals surface area contributed by atoms with Gasteiger partial charge in [-0.3, -0.25) is 0 Å². The van der Waals surface area contributed by atoms with E-state index in [1.807, 2.05) is 6.07 Å². The molecule has 1 saturated heterocycles.